The highest BCUT2D eigenvalue weighted by molar-refractivity contribution is 4.85. The lowest BCUT2D eigenvalue weighted by Crippen LogP contribution is -2.44. The van der Waals surface area contributed by atoms with E-state index in [0.29, 0.717) is 6.04 Å². The quantitative estimate of drug-likeness (QED) is 0.621. The average molecular weight is 245 g/mol. The Kier molecular flexibility index (Phi) is 7.77. The van der Waals surface area contributed by atoms with E-state index in [1.165, 1.54) is 0 Å². The van der Waals surface area contributed by atoms with Crippen molar-refractivity contribution in [1.82, 2.24) is 4.90 Å². The minimum atomic E-state index is -0.168. The first-order chi connectivity index (χ1) is 8.29. The zero-order valence-electron chi connectivity index (χ0n) is 11.2. The monoisotopic (exact) mass is 245 g/mol. The van der Waals surface area contributed by atoms with Crippen molar-refractivity contribution in [3.05, 3.63) is 0 Å². The Balaban J connectivity index is 2.34. The van der Waals surface area contributed by atoms with Crippen LogP contribution in [0, 0.1) is 0 Å². The number of nitrogens with zero attached hydrogens (tertiary/aromatic N) is 1. The molecule has 17 heavy (non-hydrogen) atoms. The molecule has 102 valence electrons. The maximum atomic E-state index is 9.95. The molecule has 0 bridgehead atoms. The van der Waals surface area contributed by atoms with Gasteiger partial charge in [0.2, 0.25) is 0 Å². The summed E-state index contributed by atoms with van der Waals surface area (Å²) < 4.78 is 10.8. The van der Waals surface area contributed by atoms with Crippen molar-refractivity contribution in [2.75, 3.05) is 39.5 Å². The number of ether oxygens (including phenoxy) is 2. The van der Waals surface area contributed by atoms with Gasteiger partial charge in [0.15, 0.2) is 0 Å². The van der Waals surface area contributed by atoms with E-state index in [4.69, 9.17) is 9.47 Å². The SMILES string of the molecule is CCOCCN(CCOCC)[C@H]1CCC[C@@H]1O. The molecule has 0 aromatic rings. The van der Waals surface area contributed by atoms with Crippen molar-refractivity contribution < 1.29 is 14.6 Å². The van der Waals surface area contributed by atoms with Crippen LogP contribution in [0.4, 0.5) is 0 Å². The third kappa shape index (κ3) is 5.34. The van der Waals surface area contributed by atoms with Crippen molar-refractivity contribution in [1.29, 1.82) is 0 Å². The highest BCUT2D eigenvalue weighted by Gasteiger charge is 2.30. The van der Waals surface area contributed by atoms with Crippen LogP contribution in [0.15, 0.2) is 0 Å². The first kappa shape index (κ1) is 14.9. The molecule has 2 atom stereocenters. The lowest BCUT2D eigenvalue weighted by molar-refractivity contribution is 0.0248. The lowest BCUT2D eigenvalue weighted by atomic mass is 10.2. The third-order valence-electron chi connectivity index (χ3n) is 3.37. The summed E-state index contributed by atoms with van der Waals surface area (Å²) in [6.07, 6.45) is 2.99. The molecule has 0 saturated heterocycles. The molecular formula is C13H27NO3. The molecule has 0 aromatic heterocycles. The largest absolute Gasteiger partial charge is 0.391 e. The third-order valence-corrected chi connectivity index (χ3v) is 3.37. The van der Waals surface area contributed by atoms with E-state index in [1.54, 1.807) is 0 Å². The van der Waals surface area contributed by atoms with Crippen LogP contribution in [0.3, 0.4) is 0 Å². The number of aliphatic hydroxyl groups excluding tert-OH is 1. The second-order valence-corrected chi connectivity index (χ2v) is 4.50. The zero-order chi connectivity index (χ0) is 12.5. The van der Waals surface area contributed by atoms with E-state index < -0.39 is 0 Å². The van der Waals surface area contributed by atoms with Crippen LogP contribution in [0.25, 0.3) is 0 Å². The number of hydrogen-bond acceptors (Lipinski definition) is 4. The first-order valence-corrected chi connectivity index (χ1v) is 6.87. The van der Waals surface area contributed by atoms with Crippen LogP contribution >= 0.6 is 0 Å². The van der Waals surface area contributed by atoms with Crippen LogP contribution in [0.5, 0.6) is 0 Å². The minimum absolute atomic E-state index is 0.168. The smallest absolute Gasteiger partial charge is 0.0695 e. The number of hydrogen-bond donors (Lipinski definition) is 1. The molecule has 1 aliphatic rings. The molecule has 0 aromatic carbocycles. The van der Waals surface area contributed by atoms with E-state index in [1.807, 2.05) is 13.8 Å². The second-order valence-electron chi connectivity index (χ2n) is 4.50. The second kappa shape index (κ2) is 8.86. The highest BCUT2D eigenvalue weighted by atomic mass is 16.5. The molecule has 0 heterocycles. The molecule has 0 spiro atoms. The van der Waals surface area contributed by atoms with E-state index in [-0.39, 0.29) is 6.10 Å². The van der Waals surface area contributed by atoms with Crippen molar-refractivity contribution in [3.63, 3.8) is 0 Å². The Morgan fingerprint density at radius 3 is 2.06 bits per heavy atom. The van der Waals surface area contributed by atoms with Crippen molar-refractivity contribution >= 4 is 0 Å². The summed E-state index contributed by atoms with van der Waals surface area (Å²) >= 11 is 0. The molecule has 1 rings (SSSR count). The van der Waals surface area contributed by atoms with Gasteiger partial charge in [0.05, 0.1) is 19.3 Å². The van der Waals surface area contributed by atoms with E-state index in [9.17, 15) is 5.11 Å². The minimum Gasteiger partial charge on any atom is -0.391 e. The zero-order valence-corrected chi connectivity index (χ0v) is 11.2. The van der Waals surface area contributed by atoms with Crippen molar-refractivity contribution in [2.24, 2.45) is 0 Å². The molecule has 1 fully saturated rings. The molecule has 0 unspecified atom stereocenters. The molecule has 0 amide bonds. The van der Waals surface area contributed by atoms with Gasteiger partial charge in [0.25, 0.3) is 0 Å². The van der Waals surface area contributed by atoms with E-state index >= 15 is 0 Å². The summed E-state index contributed by atoms with van der Waals surface area (Å²) in [5.41, 5.74) is 0. The van der Waals surface area contributed by atoms with Crippen LogP contribution in [0.1, 0.15) is 33.1 Å². The van der Waals surface area contributed by atoms with Crippen LogP contribution in [0.2, 0.25) is 0 Å². The Labute approximate surface area is 105 Å². The van der Waals surface area contributed by atoms with Gasteiger partial charge < -0.3 is 14.6 Å². The normalized spacial score (nSPS) is 24.7. The van der Waals surface area contributed by atoms with Crippen LogP contribution < -0.4 is 0 Å². The number of aliphatic hydroxyl groups is 1. The summed E-state index contributed by atoms with van der Waals surface area (Å²) in [6.45, 7) is 8.80. The van der Waals surface area contributed by atoms with Gasteiger partial charge in [0.1, 0.15) is 0 Å². The molecular weight excluding hydrogens is 218 g/mol. The fourth-order valence-corrected chi connectivity index (χ4v) is 2.44. The standard InChI is InChI=1S/C13H27NO3/c1-3-16-10-8-14(9-11-17-4-2)12-6-5-7-13(12)15/h12-13,15H,3-11H2,1-2H3/t12-,13-/m0/s1. The fraction of sp³-hybridized carbons (Fsp3) is 1.00. The number of rotatable bonds is 9. The highest BCUT2D eigenvalue weighted by Crippen LogP contribution is 2.23. The molecule has 4 nitrogen and oxygen atoms in total. The topological polar surface area (TPSA) is 41.9 Å². The van der Waals surface area contributed by atoms with Crippen molar-refractivity contribution in [2.45, 2.75) is 45.3 Å². The molecule has 4 heteroatoms. The van der Waals surface area contributed by atoms with Gasteiger partial charge in [-0.05, 0) is 33.1 Å². The average Bonchev–Trinajstić information content (AvgIpc) is 2.74. The first-order valence-electron chi connectivity index (χ1n) is 6.87. The van der Waals surface area contributed by atoms with Gasteiger partial charge in [-0.1, -0.05) is 0 Å². The maximum Gasteiger partial charge on any atom is 0.0695 e. The van der Waals surface area contributed by atoms with Crippen LogP contribution in [-0.4, -0.2) is 61.7 Å². The summed E-state index contributed by atoms with van der Waals surface area (Å²) in [6, 6.07) is 0.302. The Hall–Kier alpha value is -0.160. The predicted molar refractivity (Wildman–Crippen MR) is 68.2 cm³/mol. The summed E-state index contributed by atoms with van der Waals surface area (Å²) in [5.74, 6) is 0. The Morgan fingerprint density at radius 1 is 1.06 bits per heavy atom. The molecule has 0 radical (unpaired) electrons. The van der Waals surface area contributed by atoms with Gasteiger partial charge >= 0.3 is 0 Å². The predicted octanol–water partition coefficient (Wildman–Crippen LogP) is 1.27. The van der Waals surface area contributed by atoms with Gasteiger partial charge in [-0.3, -0.25) is 4.90 Å². The summed E-state index contributed by atoms with van der Waals surface area (Å²) in [5, 5.41) is 9.95. The lowest BCUT2D eigenvalue weighted by Gasteiger charge is -2.30. The van der Waals surface area contributed by atoms with Crippen molar-refractivity contribution in [3.8, 4) is 0 Å². The molecule has 1 saturated carbocycles. The van der Waals surface area contributed by atoms with Gasteiger partial charge in [0, 0.05) is 32.3 Å². The van der Waals surface area contributed by atoms with Gasteiger partial charge in [-0.15, -0.1) is 0 Å². The Morgan fingerprint density at radius 2 is 1.65 bits per heavy atom. The van der Waals surface area contributed by atoms with E-state index in [0.717, 1.165) is 58.8 Å². The summed E-state index contributed by atoms with van der Waals surface area (Å²) in [7, 11) is 0. The molecule has 1 aliphatic carbocycles. The molecule has 0 aliphatic heterocycles. The molecule has 1 N–H and O–H groups in total. The fourth-order valence-electron chi connectivity index (χ4n) is 2.44. The van der Waals surface area contributed by atoms with Crippen LogP contribution in [-0.2, 0) is 9.47 Å². The Bertz CT molecular complexity index is 180. The van der Waals surface area contributed by atoms with Gasteiger partial charge in [-0.2, -0.15) is 0 Å². The van der Waals surface area contributed by atoms with E-state index in [2.05, 4.69) is 4.90 Å². The van der Waals surface area contributed by atoms with Gasteiger partial charge in [-0.25, -0.2) is 0 Å². The summed E-state index contributed by atoms with van der Waals surface area (Å²) in [4.78, 5) is 2.32. The maximum absolute atomic E-state index is 9.95.